The maximum atomic E-state index is 12.9. The van der Waals surface area contributed by atoms with E-state index >= 15 is 0 Å². The number of unbranched alkanes of at least 4 members (excludes halogenated alkanes) is 36. The van der Waals surface area contributed by atoms with Crippen molar-refractivity contribution in [1.29, 1.82) is 0 Å². The van der Waals surface area contributed by atoms with E-state index in [1.807, 2.05) is 21.1 Å². The van der Waals surface area contributed by atoms with Crippen LogP contribution in [0.4, 0.5) is 0 Å². The molecule has 0 rings (SSSR count). The third kappa shape index (κ3) is 75.4. The molecule has 10 heteroatoms. The van der Waals surface area contributed by atoms with Gasteiger partial charge in [-0.3, -0.25) is 18.6 Å². The topological polar surface area (TPSA) is 108 Å². The number of esters is 2. The number of ether oxygens (including phenoxy) is 2. The Bertz CT molecular complexity index is 1970. The van der Waals surface area contributed by atoms with Crippen LogP contribution in [0.1, 0.15) is 335 Å². The van der Waals surface area contributed by atoms with Gasteiger partial charge in [0.25, 0.3) is 0 Å². The number of allylic oxidation sites excluding steroid dienone is 20. The predicted molar refractivity (Wildman–Crippen MR) is 399 cm³/mol. The van der Waals surface area contributed by atoms with Crippen LogP contribution in [0.3, 0.4) is 0 Å². The summed E-state index contributed by atoms with van der Waals surface area (Å²) in [7, 11) is 1.48. The van der Waals surface area contributed by atoms with Gasteiger partial charge >= 0.3 is 19.8 Å². The molecule has 0 saturated heterocycles. The van der Waals surface area contributed by atoms with Crippen LogP contribution in [-0.4, -0.2) is 74.9 Å². The average molecular weight is 1300 g/mol. The van der Waals surface area contributed by atoms with Crippen LogP contribution in [0.2, 0.25) is 0 Å². The number of carbonyl (C=O) groups is 2. The summed E-state index contributed by atoms with van der Waals surface area (Å²) in [4.78, 5) is 36.0. The second-order valence-corrected chi connectivity index (χ2v) is 28.1. The van der Waals surface area contributed by atoms with E-state index in [1.54, 1.807) is 0 Å². The normalized spacial score (nSPS) is 13.8. The lowest BCUT2D eigenvalue weighted by Gasteiger charge is -2.24. The van der Waals surface area contributed by atoms with E-state index in [9.17, 15) is 19.0 Å². The number of quaternary nitrogens is 1. The minimum Gasteiger partial charge on any atom is -0.462 e. The number of likely N-dealkylation sites (N-methyl/N-ethyl adjacent to an activating group) is 1. The Morgan fingerprint density at radius 1 is 0.348 bits per heavy atom. The summed E-state index contributed by atoms with van der Waals surface area (Å²) in [6, 6.07) is 0. The molecule has 0 aromatic carbocycles. The van der Waals surface area contributed by atoms with E-state index in [-0.39, 0.29) is 32.0 Å². The quantitative estimate of drug-likeness (QED) is 0.0211. The molecule has 2 unspecified atom stereocenters. The maximum Gasteiger partial charge on any atom is 0.472 e. The van der Waals surface area contributed by atoms with E-state index in [2.05, 4.69) is 135 Å². The highest BCUT2D eigenvalue weighted by molar-refractivity contribution is 7.47. The van der Waals surface area contributed by atoms with E-state index in [0.29, 0.717) is 17.4 Å². The lowest BCUT2D eigenvalue weighted by atomic mass is 10.0. The highest BCUT2D eigenvalue weighted by Crippen LogP contribution is 2.43. The van der Waals surface area contributed by atoms with Gasteiger partial charge in [0.2, 0.25) is 0 Å². The first-order valence-electron chi connectivity index (χ1n) is 38.3. The molecule has 0 aliphatic heterocycles. The zero-order chi connectivity index (χ0) is 66.9. The fourth-order valence-corrected chi connectivity index (χ4v) is 11.4. The van der Waals surface area contributed by atoms with Crippen LogP contribution in [0.5, 0.6) is 0 Å². The lowest BCUT2D eigenvalue weighted by Crippen LogP contribution is -2.37. The molecule has 0 heterocycles. The minimum atomic E-state index is -4.40. The highest BCUT2D eigenvalue weighted by Gasteiger charge is 2.27. The van der Waals surface area contributed by atoms with Gasteiger partial charge in [0.1, 0.15) is 19.8 Å². The van der Waals surface area contributed by atoms with Gasteiger partial charge in [-0.05, 0) is 109 Å². The van der Waals surface area contributed by atoms with Gasteiger partial charge in [-0.25, -0.2) is 4.57 Å². The van der Waals surface area contributed by atoms with Crippen molar-refractivity contribution in [2.24, 2.45) is 0 Å². The Labute approximate surface area is 568 Å². The summed E-state index contributed by atoms with van der Waals surface area (Å²) in [6.07, 6.45) is 103. The van der Waals surface area contributed by atoms with Gasteiger partial charge in [0.05, 0.1) is 27.7 Å². The first-order valence-corrected chi connectivity index (χ1v) is 39.8. The van der Waals surface area contributed by atoms with Crippen molar-refractivity contribution in [3.63, 3.8) is 0 Å². The van der Waals surface area contributed by atoms with Crippen LogP contribution < -0.4 is 0 Å². The molecular formula is C82H145NO8P+. The number of carbonyl (C=O) groups excluding carboxylic acids is 2. The zero-order valence-electron chi connectivity index (χ0n) is 60.5. The Hall–Kier alpha value is -3.59. The van der Waals surface area contributed by atoms with E-state index in [0.717, 1.165) is 96.3 Å². The number of phosphoric ester groups is 1. The summed E-state index contributed by atoms with van der Waals surface area (Å²) >= 11 is 0. The van der Waals surface area contributed by atoms with Crippen molar-refractivity contribution in [2.45, 2.75) is 341 Å². The molecule has 0 aliphatic rings. The van der Waals surface area contributed by atoms with Crippen molar-refractivity contribution < 1.29 is 42.1 Å². The Kier molecular flexibility index (Phi) is 68.9. The van der Waals surface area contributed by atoms with Crippen molar-refractivity contribution >= 4 is 19.8 Å². The van der Waals surface area contributed by atoms with E-state index in [4.69, 9.17) is 18.5 Å². The van der Waals surface area contributed by atoms with Crippen molar-refractivity contribution in [2.75, 3.05) is 47.5 Å². The van der Waals surface area contributed by atoms with Gasteiger partial charge in [0.15, 0.2) is 6.10 Å². The SMILES string of the molecule is CC/C=C\C/C=C\C/C=C\C/C=C\C/C=C\C/C=C\C/C=C\C/C=C\CCCCCCCCCCCCCCCCC(=O)OC(COC(=O)CCCCCCCCCCCCCCCCCCC/C=C\C/C=C\CCCCCCC)COP(=O)(O)OCC[N+](C)(C)C. The van der Waals surface area contributed by atoms with Gasteiger partial charge < -0.3 is 18.9 Å². The minimum absolute atomic E-state index is 0.0289. The smallest absolute Gasteiger partial charge is 0.462 e. The van der Waals surface area contributed by atoms with Gasteiger partial charge in [-0.2, -0.15) is 0 Å². The van der Waals surface area contributed by atoms with Crippen LogP contribution in [0.25, 0.3) is 0 Å². The van der Waals surface area contributed by atoms with E-state index in [1.165, 1.54) is 205 Å². The zero-order valence-corrected chi connectivity index (χ0v) is 61.4. The molecule has 0 radical (unpaired) electrons. The van der Waals surface area contributed by atoms with E-state index < -0.39 is 26.5 Å². The molecule has 0 fully saturated rings. The molecule has 530 valence electrons. The number of hydrogen-bond acceptors (Lipinski definition) is 7. The molecule has 0 saturated carbocycles. The van der Waals surface area contributed by atoms with Crippen LogP contribution in [0.15, 0.2) is 122 Å². The molecule has 0 aliphatic carbocycles. The average Bonchev–Trinajstić information content (AvgIpc) is 2.14. The molecule has 0 aromatic heterocycles. The van der Waals surface area contributed by atoms with Crippen molar-refractivity contribution in [3.8, 4) is 0 Å². The molecule has 0 amide bonds. The predicted octanol–water partition coefficient (Wildman–Crippen LogP) is 25.4. The molecule has 9 nitrogen and oxygen atoms in total. The summed E-state index contributed by atoms with van der Waals surface area (Å²) in [5.41, 5.74) is 0. The largest absolute Gasteiger partial charge is 0.472 e. The highest BCUT2D eigenvalue weighted by atomic mass is 31.2. The van der Waals surface area contributed by atoms with Gasteiger partial charge in [0, 0.05) is 12.8 Å². The molecular weight excluding hydrogens is 1160 g/mol. The molecule has 0 aromatic rings. The Balaban J connectivity index is 4.01. The summed E-state index contributed by atoms with van der Waals surface area (Å²) in [5.74, 6) is -0.789. The van der Waals surface area contributed by atoms with Crippen LogP contribution in [-0.2, 0) is 32.7 Å². The molecule has 92 heavy (non-hydrogen) atoms. The maximum absolute atomic E-state index is 12.9. The van der Waals surface area contributed by atoms with Crippen molar-refractivity contribution in [1.82, 2.24) is 0 Å². The number of nitrogens with zero attached hydrogens (tertiary/aromatic N) is 1. The van der Waals surface area contributed by atoms with Gasteiger partial charge in [-0.15, -0.1) is 0 Å². The van der Waals surface area contributed by atoms with Crippen LogP contribution >= 0.6 is 7.82 Å². The Morgan fingerprint density at radius 3 is 0.924 bits per heavy atom. The Morgan fingerprint density at radius 2 is 0.620 bits per heavy atom. The van der Waals surface area contributed by atoms with Gasteiger partial charge in [-0.1, -0.05) is 334 Å². The third-order valence-corrected chi connectivity index (χ3v) is 17.5. The van der Waals surface area contributed by atoms with Crippen molar-refractivity contribution in [3.05, 3.63) is 122 Å². The number of phosphoric acid groups is 1. The summed E-state index contributed by atoms with van der Waals surface area (Å²) < 4.78 is 34.8. The second-order valence-electron chi connectivity index (χ2n) is 26.7. The van der Waals surface area contributed by atoms with Crippen LogP contribution in [0, 0.1) is 0 Å². The monoisotopic (exact) mass is 1300 g/mol. The molecule has 0 spiro atoms. The molecule has 1 N–H and O–H groups in total. The first-order chi connectivity index (χ1) is 45.0. The fourth-order valence-electron chi connectivity index (χ4n) is 10.7. The molecule has 2 atom stereocenters. The third-order valence-electron chi connectivity index (χ3n) is 16.5. The number of rotatable bonds is 70. The summed E-state index contributed by atoms with van der Waals surface area (Å²) in [6.45, 7) is 4.34. The second kappa shape index (κ2) is 71.7. The standard InChI is InChI=1S/C82H144NO8P/c1-6-8-10-12-14-16-18-20-22-24-26-28-30-32-34-36-37-38-39-40-41-42-43-44-45-47-49-51-53-55-57-59-61-63-65-67-69-71-73-75-82(85)91-80(79-90-92(86,87)89-77-76-83(3,4)5)78-88-81(84)74-72-70-68-66-64-62-60-58-56-54-52-50-48-46-35-33-31-29-27-25-23-21-19-17-15-13-11-9-7-2/h8,10,14,16,19-22,25-28,32,34,37-38,40-41,43-44,80H,6-7,9,11-13,15,17-18,23-24,29-31,33,35-36,39,42,45-79H2,1-5H3/p+1/b10-8-,16-14-,21-19-,22-20-,27-25-,28-26-,34-32-,38-37-,41-40-,44-43-. The summed E-state index contributed by atoms with van der Waals surface area (Å²) in [5, 5.41) is 0. The first kappa shape index (κ1) is 88.4. The number of hydrogen-bond donors (Lipinski definition) is 1. The molecule has 0 bridgehead atoms. The fraction of sp³-hybridized carbons (Fsp3) is 0.732. The lowest BCUT2D eigenvalue weighted by molar-refractivity contribution is -0.870.